The van der Waals surface area contributed by atoms with Crippen molar-refractivity contribution in [2.75, 3.05) is 5.32 Å². The Bertz CT molecular complexity index is 970. The van der Waals surface area contributed by atoms with Crippen LogP contribution in [0.2, 0.25) is 10.0 Å². The summed E-state index contributed by atoms with van der Waals surface area (Å²) in [4.78, 5) is 21.9. The van der Waals surface area contributed by atoms with Crippen molar-refractivity contribution in [3.05, 3.63) is 75.9 Å². The highest BCUT2D eigenvalue weighted by Gasteiger charge is 2.25. The molecule has 4 nitrogen and oxygen atoms in total. The number of nitrogens with zero attached hydrogens (tertiary/aromatic N) is 2. The molecule has 1 N–H and O–H groups in total. The SMILES string of the molecule is Cc1cc(-c2ccc(Cl)cc2)nc(NC(=O)[C@H](c2ccc(Cl)cc2)C(C)C)n1. The number of amides is 1. The van der Waals surface area contributed by atoms with E-state index in [4.69, 9.17) is 23.2 Å². The summed E-state index contributed by atoms with van der Waals surface area (Å²) in [5.41, 5.74) is 3.31. The maximum absolute atomic E-state index is 13.0. The zero-order chi connectivity index (χ0) is 20.3. The molecule has 2 aromatic carbocycles. The number of halogens is 2. The van der Waals surface area contributed by atoms with Crippen LogP contribution in [0.1, 0.15) is 31.0 Å². The monoisotopic (exact) mass is 413 g/mol. The van der Waals surface area contributed by atoms with Crippen molar-refractivity contribution < 1.29 is 4.79 Å². The van der Waals surface area contributed by atoms with E-state index in [1.54, 1.807) is 12.1 Å². The van der Waals surface area contributed by atoms with Gasteiger partial charge in [0.15, 0.2) is 0 Å². The number of hydrogen-bond donors (Lipinski definition) is 1. The van der Waals surface area contributed by atoms with Crippen LogP contribution in [0.5, 0.6) is 0 Å². The molecule has 0 aliphatic heterocycles. The average Bonchev–Trinajstić information content (AvgIpc) is 2.63. The van der Waals surface area contributed by atoms with Crippen LogP contribution in [-0.4, -0.2) is 15.9 Å². The molecule has 0 saturated carbocycles. The summed E-state index contributed by atoms with van der Waals surface area (Å²) >= 11 is 11.9. The topological polar surface area (TPSA) is 54.9 Å². The lowest BCUT2D eigenvalue weighted by atomic mass is 9.88. The fraction of sp³-hybridized carbons (Fsp3) is 0.227. The Labute approximate surface area is 174 Å². The van der Waals surface area contributed by atoms with Gasteiger partial charge in [0.2, 0.25) is 11.9 Å². The standard InChI is InChI=1S/C22H21Cl2N3O/c1-13(2)20(16-6-10-18(24)11-7-16)21(28)27-22-25-14(3)12-19(26-22)15-4-8-17(23)9-5-15/h4-13,20H,1-3H3,(H,25,26,27,28)/t20-/m0/s1. The van der Waals surface area contributed by atoms with E-state index in [0.29, 0.717) is 10.0 Å². The number of nitrogens with one attached hydrogen (secondary N) is 1. The fourth-order valence-corrected chi connectivity index (χ4v) is 3.34. The lowest BCUT2D eigenvalue weighted by Gasteiger charge is -2.20. The number of rotatable bonds is 5. The van der Waals surface area contributed by atoms with Gasteiger partial charge >= 0.3 is 0 Å². The minimum atomic E-state index is -0.333. The third-order valence-electron chi connectivity index (χ3n) is 4.41. The van der Waals surface area contributed by atoms with Crippen LogP contribution >= 0.6 is 23.2 Å². The fourth-order valence-electron chi connectivity index (χ4n) is 3.09. The van der Waals surface area contributed by atoms with E-state index < -0.39 is 0 Å². The highest BCUT2D eigenvalue weighted by molar-refractivity contribution is 6.30. The molecule has 1 amide bonds. The van der Waals surface area contributed by atoms with Crippen LogP contribution < -0.4 is 5.32 Å². The Balaban J connectivity index is 1.88. The molecular formula is C22H21Cl2N3O. The quantitative estimate of drug-likeness (QED) is 0.546. The van der Waals surface area contributed by atoms with Crippen molar-refractivity contribution >= 4 is 35.1 Å². The summed E-state index contributed by atoms with van der Waals surface area (Å²) in [5, 5.41) is 4.18. The molecular weight excluding hydrogens is 393 g/mol. The normalized spacial score (nSPS) is 12.1. The Kier molecular flexibility index (Phi) is 6.32. The van der Waals surface area contributed by atoms with E-state index in [1.807, 2.05) is 63.2 Å². The number of hydrogen-bond acceptors (Lipinski definition) is 3. The van der Waals surface area contributed by atoms with Crippen molar-refractivity contribution in [1.29, 1.82) is 0 Å². The van der Waals surface area contributed by atoms with Crippen molar-refractivity contribution in [1.82, 2.24) is 9.97 Å². The highest BCUT2D eigenvalue weighted by atomic mass is 35.5. The summed E-state index contributed by atoms with van der Waals surface area (Å²) in [6.07, 6.45) is 0. The molecule has 0 radical (unpaired) electrons. The summed E-state index contributed by atoms with van der Waals surface area (Å²) in [6.45, 7) is 5.89. The van der Waals surface area contributed by atoms with Crippen LogP contribution in [-0.2, 0) is 4.79 Å². The van der Waals surface area contributed by atoms with Crippen LogP contribution in [0.25, 0.3) is 11.3 Å². The first kappa shape index (κ1) is 20.3. The molecule has 1 heterocycles. The molecule has 0 unspecified atom stereocenters. The predicted octanol–water partition coefficient (Wildman–Crippen LogP) is 6.14. The molecule has 0 aliphatic carbocycles. The van der Waals surface area contributed by atoms with E-state index in [1.165, 1.54) is 0 Å². The zero-order valence-electron chi connectivity index (χ0n) is 15.9. The summed E-state index contributed by atoms with van der Waals surface area (Å²) < 4.78 is 0. The number of aromatic nitrogens is 2. The largest absolute Gasteiger partial charge is 0.294 e. The van der Waals surface area contributed by atoms with Crippen molar-refractivity contribution in [2.24, 2.45) is 5.92 Å². The minimum Gasteiger partial charge on any atom is -0.294 e. The van der Waals surface area contributed by atoms with Crippen molar-refractivity contribution in [3.63, 3.8) is 0 Å². The Hall–Kier alpha value is -2.43. The van der Waals surface area contributed by atoms with Gasteiger partial charge in [-0.2, -0.15) is 0 Å². The van der Waals surface area contributed by atoms with E-state index in [0.717, 1.165) is 22.5 Å². The second-order valence-electron chi connectivity index (χ2n) is 6.99. The Morgan fingerprint density at radius 1 is 0.929 bits per heavy atom. The van der Waals surface area contributed by atoms with Gasteiger partial charge in [-0.15, -0.1) is 0 Å². The third kappa shape index (κ3) is 4.89. The van der Waals surface area contributed by atoms with Gasteiger partial charge in [-0.05, 0) is 48.7 Å². The van der Waals surface area contributed by atoms with Gasteiger partial charge in [-0.25, -0.2) is 9.97 Å². The summed E-state index contributed by atoms with van der Waals surface area (Å²) in [5.74, 6) is -0.0957. The molecule has 28 heavy (non-hydrogen) atoms. The third-order valence-corrected chi connectivity index (χ3v) is 4.91. The lowest BCUT2D eigenvalue weighted by Crippen LogP contribution is -2.26. The summed E-state index contributed by atoms with van der Waals surface area (Å²) in [7, 11) is 0. The van der Waals surface area contributed by atoms with Crippen molar-refractivity contribution in [2.45, 2.75) is 26.7 Å². The molecule has 144 valence electrons. The molecule has 6 heteroatoms. The first-order valence-electron chi connectivity index (χ1n) is 9.01. The van der Waals surface area contributed by atoms with Gasteiger partial charge in [0.05, 0.1) is 11.6 Å². The number of aryl methyl sites for hydroxylation is 1. The maximum atomic E-state index is 13.0. The van der Waals surface area contributed by atoms with Crippen molar-refractivity contribution in [3.8, 4) is 11.3 Å². The average molecular weight is 414 g/mol. The van der Waals surface area contributed by atoms with Crippen LogP contribution in [0, 0.1) is 12.8 Å². The number of carbonyl (C=O) groups is 1. The van der Waals surface area contributed by atoms with Gasteiger partial charge in [0.1, 0.15) is 0 Å². The maximum Gasteiger partial charge on any atom is 0.234 e. The van der Waals surface area contributed by atoms with Gasteiger partial charge < -0.3 is 0 Å². The van der Waals surface area contributed by atoms with E-state index in [2.05, 4.69) is 15.3 Å². The molecule has 1 aromatic heterocycles. The van der Waals surface area contributed by atoms with Crippen LogP contribution in [0.4, 0.5) is 5.95 Å². The second kappa shape index (κ2) is 8.72. The number of anilines is 1. The van der Waals surface area contributed by atoms with E-state index >= 15 is 0 Å². The first-order chi connectivity index (χ1) is 13.3. The second-order valence-corrected chi connectivity index (χ2v) is 7.86. The Morgan fingerprint density at radius 3 is 2.07 bits per heavy atom. The molecule has 0 bridgehead atoms. The molecule has 3 aromatic rings. The van der Waals surface area contributed by atoms with Crippen LogP contribution in [0.15, 0.2) is 54.6 Å². The lowest BCUT2D eigenvalue weighted by molar-refractivity contribution is -0.118. The van der Waals surface area contributed by atoms with Gasteiger partial charge in [-0.1, -0.05) is 61.3 Å². The molecule has 0 spiro atoms. The minimum absolute atomic E-state index is 0.0988. The molecule has 0 aliphatic rings. The van der Waals surface area contributed by atoms with Gasteiger partial charge in [0.25, 0.3) is 0 Å². The van der Waals surface area contributed by atoms with E-state index in [9.17, 15) is 4.79 Å². The first-order valence-corrected chi connectivity index (χ1v) is 9.77. The zero-order valence-corrected chi connectivity index (χ0v) is 17.4. The summed E-state index contributed by atoms with van der Waals surface area (Å²) in [6, 6.07) is 16.6. The molecule has 1 atom stereocenters. The number of benzene rings is 2. The van der Waals surface area contributed by atoms with Gasteiger partial charge in [-0.3, -0.25) is 10.1 Å². The molecule has 0 saturated heterocycles. The predicted molar refractivity (Wildman–Crippen MR) is 115 cm³/mol. The van der Waals surface area contributed by atoms with Gasteiger partial charge in [0, 0.05) is 21.3 Å². The van der Waals surface area contributed by atoms with E-state index in [-0.39, 0.29) is 23.7 Å². The number of carbonyl (C=O) groups excluding carboxylic acids is 1. The smallest absolute Gasteiger partial charge is 0.234 e. The Morgan fingerprint density at radius 2 is 1.50 bits per heavy atom. The van der Waals surface area contributed by atoms with Crippen LogP contribution in [0.3, 0.4) is 0 Å². The molecule has 3 rings (SSSR count). The highest BCUT2D eigenvalue weighted by Crippen LogP contribution is 2.27. The molecule has 0 fully saturated rings.